The Morgan fingerprint density at radius 3 is 2.77 bits per heavy atom. The largest absolute Gasteiger partial charge is 0.457 e. The molecule has 1 aliphatic rings. The highest BCUT2D eigenvalue weighted by atomic mass is 79.9. The highest BCUT2D eigenvalue weighted by Gasteiger charge is 2.36. The fourth-order valence-electron chi connectivity index (χ4n) is 3.38. The minimum absolute atomic E-state index is 0.0618. The van der Waals surface area contributed by atoms with Gasteiger partial charge in [-0.25, -0.2) is 9.48 Å². The molecule has 4 rings (SSSR count). The van der Waals surface area contributed by atoms with Gasteiger partial charge in [0.05, 0.1) is 5.57 Å². The van der Waals surface area contributed by atoms with E-state index in [0.717, 1.165) is 5.56 Å². The maximum Gasteiger partial charge on any atom is 0.387 e. The van der Waals surface area contributed by atoms with Crippen LogP contribution in [0.15, 0.2) is 70.6 Å². The van der Waals surface area contributed by atoms with E-state index in [1.54, 1.807) is 19.1 Å². The molecule has 3 aromatic rings. The highest BCUT2D eigenvalue weighted by molar-refractivity contribution is 9.10. The van der Waals surface area contributed by atoms with Gasteiger partial charge >= 0.3 is 12.6 Å². The van der Waals surface area contributed by atoms with E-state index in [1.807, 2.05) is 30.3 Å². The second kappa shape index (κ2) is 8.84. The third-order valence-electron chi connectivity index (χ3n) is 4.71. The van der Waals surface area contributed by atoms with Gasteiger partial charge in [0.15, 0.2) is 0 Å². The summed E-state index contributed by atoms with van der Waals surface area (Å²) in [7, 11) is 0. The number of carbonyl (C=O) groups is 1. The van der Waals surface area contributed by atoms with Crippen molar-refractivity contribution < 1.29 is 23.0 Å². The van der Waals surface area contributed by atoms with Crippen LogP contribution in [-0.4, -0.2) is 27.3 Å². The molecule has 160 valence electrons. The number of ether oxygens (including phenoxy) is 2. The lowest BCUT2D eigenvalue weighted by molar-refractivity contribution is -0.140. The van der Waals surface area contributed by atoms with Crippen molar-refractivity contribution in [2.45, 2.75) is 26.2 Å². The summed E-state index contributed by atoms with van der Waals surface area (Å²) < 4.78 is 38.4. The first-order chi connectivity index (χ1) is 14.9. The van der Waals surface area contributed by atoms with E-state index >= 15 is 0 Å². The number of rotatable bonds is 6. The molecule has 0 radical (unpaired) electrons. The number of benzene rings is 2. The molecule has 2 aromatic carbocycles. The summed E-state index contributed by atoms with van der Waals surface area (Å²) in [6, 6.07) is 12.9. The summed E-state index contributed by atoms with van der Waals surface area (Å²) in [5.74, 6) is -0.319. The molecular formula is C21H17BrF2N4O3. The Balaban J connectivity index is 1.75. The minimum atomic E-state index is -3.03. The van der Waals surface area contributed by atoms with E-state index in [0.29, 0.717) is 21.7 Å². The molecule has 0 bridgehead atoms. The van der Waals surface area contributed by atoms with E-state index in [2.05, 4.69) is 31.3 Å². The van der Waals surface area contributed by atoms with Crippen LogP contribution in [0.1, 0.15) is 24.1 Å². The monoisotopic (exact) mass is 490 g/mol. The van der Waals surface area contributed by atoms with Crippen molar-refractivity contribution in [2.75, 3.05) is 5.32 Å². The second-order valence-corrected chi connectivity index (χ2v) is 7.63. The van der Waals surface area contributed by atoms with E-state index in [4.69, 9.17) is 9.47 Å². The maximum absolute atomic E-state index is 13.1. The molecule has 0 spiro atoms. The van der Waals surface area contributed by atoms with Crippen molar-refractivity contribution in [1.29, 1.82) is 0 Å². The number of aromatic nitrogens is 3. The lowest BCUT2D eigenvalue weighted by Crippen LogP contribution is -2.30. The smallest absolute Gasteiger partial charge is 0.387 e. The van der Waals surface area contributed by atoms with Crippen molar-refractivity contribution in [2.24, 2.45) is 0 Å². The van der Waals surface area contributed by atoms with E-state index in [1.165, 1.54) is 17.1 Å². The average Bonchev–Trinajstić information content (AvgIpc) is 3.21. The average molecular weight is 491 g/mol. The van der Waals surface area contributed by atoms with Crippen LogP contribution >= 0.6 is 15.9 Å². The molecule has 0 saturated carbocycles. The Morgan fingerprint density at radius 2 is 2.03 bits per heavy atom. The number of esters is 1. The van der Waals surface area contributed by atoms with Gasteiger partial charge in [0.1, 0.15) is 24.7 Å². The fraction of sp³-hybridized carbons (Fsp3) is 0.190. The topological polar surface area (TPSA) is 78.3 Å². The van der Waals surface area contributed by atoms with Crippen LogP contribution in [0.5, 0.6) is 5.75 Å². The number of hydrogen-bond acceptors (Lipinski definition) is 6. The summed E-state index contributed by atoms with van der Waals surface area (Å²) in [5.41, 5.74) is 1.83. The third kappa shape index (κ3) is 4.43. The number of allylic oxidation sites excluding steroid dienone is 1. The molecule has 0 saturated heterocycles. The van der Waals surface area contributed by atoms with Crippen LogP contribution in [0.3, 0.4) is 0 Å². The van der Waals surface area contributed by atoms with Gasteiger partial charge in [-0.3, -0.25) is 0 Å². The zero-order chi connectivity index (χ0) is 22.0. The van der Waals surface area contributed by atoms with Gasteiger partial charge in [-0.1, -0.05) is 46.3 Å². The molecule has 31 heavy (non-hydrogen) atoms. The predicted octanol–water partition coefficient (Wildman–Crippen LogP) is 4.67. The summed E-state index contributed by atoms with van der Waals surface area (Å²) in [6.45, 7) is -1.28. The Labute approximate surface area is 184 Å². The van der Waals surface area contributed by atoms with Crippen LogP contribution < -0.4 is 10.1 Å². The Hall–Kier alpha value is -3.27. The number of alkyl halides is 2. The number of carbonyl (C=O) groups excluding carboxylic acids is 1. The van der Waals surface area contributed by atoms with Gasteiger partial charge in [0.2, 0.25) is 5.95 Å². The maximum atomic E-state index is 13.1. The molecule has 0 fully saturated rings. The molecule has 0 unspecified atom stereocenters. The number of nitrogens with one attached hydrogen (secondary N) is 1. The van der Waals surface area contributed by atoms with Crippen LogP contribution in [0.4, 0.5) is 14.7 Å². The van der Waals surface area contributed by atoms with Crippen LogP contribution in [0.25, 0.3) is 0 Å². The van der Waals surface area contributed by atoms with Gasteiger partial charge in [-0.05, 0) is 30.7 Å². The Kier molecular flexibility index (Phi) is 5.99. The molecule has 7 nitrogen and oxygen atoms in total. The molecule has 1 atom stereocenters. The number of anilines is 1. The first-order valence-corrected chi connectivity index (χ1v) is 10.1. The standard InChI is InChI=1S/C21H17BrF2N4O3/c1-12-17(19(29)30-10-13-5-3-2-4-6-13)18(28-21(27-12)25-11-26-28)15-9-14(22)7-8-16(15)31-20(23)24/h2-9,11,18,20H,10H2,1H3,(H,25,26,27)/t18-/m0/s1. The molecular weight excluding hydrogens is 474 g/mol. The minimum Gasteiger partial charge on any atom is -0.457 e. The van der Waals surface area contributed by atoms with Crippen molar-refractivity contribution in [3.05, 3.63) is 81.7 Å². The first kappa shape index (κ1) is 21.0. The fourth-order valence-corrected chi connectivity index (χ4v) is 3.76. The molecule has 1 aliphatic heterocycles. The molecule has 10 heteroatoms. The van der Waals surface area contributed by atoms with E-state index in [9.17, 15) is 13.6 Å². The molecule has 2 heterocycles. The van der Waals surface area contributed by atoms with Gasteiger partial charge < -0.3 is 14.8 Å². The summed E-state index contributed by atoms with van der Waals surface area (Å²) in [4.78, 5) is 17.3. The quantitative estimate of drug-likeness (QED) is 0.505. The first-order valence-electron chi connectivity index (χ1n) is 9.26. The number of halogens is 3. The van der Waals surface area contributed by atoms with Crippen LogP contribution in [0, 0.1) is 0 Å². The zero-order valence-corrected chi connectivity index (χ0v) is 17.8. The van der Waals surface area contributed by atoms with Gasteiger partial charge in [-0.15, -0.1) is 0 Å². The van der Waals surface area contributed by atoms with Crippen molar-refractivity contribution in [1.82, 2.24) is 14.8 Å². The molecule has 0 amide bonds. The zero-order valence-electron chi connectivity index (χ0n) is 16.3. The Bertz CT molecular complexity index is 1130. The van der Waals surface area contributed by atoms with Gasteiger partial charge in [-0.2, -0.15) is 18.9 Å². The van der Waals surface area contributed by atoms with Gasteiger partial charge in [0.25, 0.3) is 0 Å². The molecule has 1 N–H and O–H groups in total. The summed E-state index contributed by atoms with van der Waals surface area (Å²) in [5, 5.41) is 7.20. The number of hydrogen-bond donors (Lipinski definition) is 1. The lowest BCUT2D eigenvalue weighted by atomic mass is 9.95. The van der Waals surface area contributed by atoms with E-state index in [-0.39, 0.29) is 17.9 Å². The molecule has 1 aromatic heterocycles. The van der Waals surface area contributed by atoms with Crippen molar-refractivity contribution >= 4 is 27.8 Å². The second-order valence-electron chi connectivity index (χ2n) is 6.72. The number of fused-ring (bicyclic) bond motifs is 1. The number of nitrogens with zero attached hydrogens (tertiary/aromatic N) is 3. The van der Waals surface area contributed by atoms with Gasteiger partial charge in [0, 0.05) is 15.7 Å². The van der Waals surface area contributed by atoms with Crippen LogP contribution in [-0.2, 0) is 16.1 Å². The summed E-state index contributed by atoms with van der Waals surface area (Å²) in [6.07, 6.45) is 1.31. The SMILES string of the molecule is CC1=C(C(=O)OCc2ccccc2)[C@H](c2cc(Br)ccc2OC(F)F)n2ncnc2N1. The van der Waals surface area contributed by atoms with E-state index < -0.39 is 18.6 Å². The predicted molar refractivity (Wildman–Crippen MR) is 111 cm³/mol. The highest BCUT2D eigenvalue weighted by Crippen LogP contribution is 2.40. The normalized spacial score (nSPS) is 15.5. The van der Waals surface area contributed by atoms with Crippen molar-refractivity contribution in [3.8, 4) is 5.75 Å². The Morgan fingerprint density at radius 1 is 1.26 bits per heavy atom. The lowest BCUT2D eigenvalue weighted by Gasteiger charge is -2.29. The third-order valence-corrected chi connectivity index (χ3v) is 5.20. The summed E-state index contributed by atoms with van der Waals surface area (Å²) >= 11 is 3.36. The van der Waals surface area contributed by atoms with Crippen LogP contribution in [0.2, 0.25) is 0 Å². The molecule has 0 aliphatic carbocycles. The van der Waals surface area contributed by atoms with Crippen molar-refractivity contribution in [3.63, 3.8) is 0 Å².